The predicted octanol–water partition coefficient (Wildman–Crippen LogP) is 3.66. The smallest absolute Gasteiger partial charge is 0.328 e. The number of aliphatic hydroxyl groups is 1. The van der Waals surface area contributed by atoms with E-state index >= 15 is 0 Å². The molecule has 5 heteroatoms. The van der Waals surface area contributed by atoms with Gasteiger partial charge >= 0.3 is 5.97 Å². The third-order valence-corrected chi connectivity index (χ3v) is 4.19. The van der Waals surface area contributed by atoms with Crippen LogP contribution in [0.5, 0.6) is 0 Å². The molecule has 2 atom stereocenters. The van der Waals surface area contributed by atoms with E-state index in [-0.39, 0.29) is 23.0 Å². The summed E-state index contributed by atoms with van der Waals surface area (Å²) in [5.74, 6) is -1.24. The number of allylic oxidation sites excluding steroid dienone is 2. The van der Waals surface area contributed by atoms with Gasteiger partial charge in [0.1, 0.15) is 11.8 Å². The number of hydrogen-bond donors (Lipinski definition) is 2. The SMILES string of the molecule is CCC/C(O)=C1/C(=O)CC(c2ccccc2)CC1=NC(C)C(=O)O. The van der Waals surface area contributed by atoms with E-state index in [1.165, 1.54) is 6.92 Å². The molecule has 0 bridgehead atoms. The third-order valence-electron chi connectivity index (χ3n) is 4.19. The number of aliphatic imine (C=N–C) groups is 1. The largest absolute Gasteiger partial charge is 0.511 e. The van der Waals surface area contributed by atoms with Gasteiger partial charge in [-0.1, -0.05) is 37.3 Å². The van der Waals surface area contributed by atoms with Gasteiger partial charge in [0.25, 0.3) is 0 Å². The van der Waals surface area contributed by atoms with Crippen LogP contribution < -0.4 is 0 Å². The van der Waals surface area contributed by atoms with Crippen LogP contribution in [-0.4, -0.2) is 33.7 Å². The Kier molecular flexibility index (Phi) is 5.90. The molecule has 2 rings (SSSR count). The fourth-order valence-corrected chi connectivity index (χ4v) is 2.95. The zero-order chi connectivity index (χ0) is 17.7. The number of carbonyl (C=O) groups excluding carboxylic acids is 1. The Morgan fingerprint density at radius 2 is 1.92 bits per heavy atom. The molecular formula is C19H23NO4. The van der Waals surface area contributed by atoms with Gasteiger partial charge < -0.3 is 10.2 Å². The van der Waals surface area contributed by atoms with Crippen LogP contribution in [-0.2, 0) is 9.59 Å². The van der Waals surface area contributed by atoms with Crippen molar-refractivity contribution in [3.05, 3.63) is 47.2 Å². The summed E-state index contributed by atoms with van der Waals surface area (Å²) in [5.41, 5.74) is 1.65. The van der Waals surface area contributed by atoms with E-state index in [0.29, 0.717) is 31.4 Å². The number of hydrogen-bond acceptors (Lipinski definition) is 4. The lowest BCUT2D eigenvalue weighted by Crippen LogP contribution is -2.28. The molecular weight excluding hydrogens is 306 g/mol. The van der Waals surface area contributed by atoms with Crippen molar-refractivity contribution in [3.63, 3.8) is 0 Å². The van der Waals surface area contributed by atoms with Crippen molar-refractivity contribution in [2.75, 3.05) is 0 Å². The molecule has 0 amide bonds. The number of carboxylic acids is 1. The van der Waals surface area contributed by atoms with E-state index in [9.17, 15) is 14.7 Å². The van der Waals surface area contributed by atoms with Crippen molar-refractivity contribution in [2.45, 2.75) is 51.5 Å². The number of ketones is 1. The first kappa shape index (κ1) is 17.9. The van der Waals surface area contributed by atoms with Crippen LogP contribution in [0.15, 0.2) is 46.7 Å². The molecule has 1 saturated carbocycles. The maximum absolute atomic E-state index is 12.6. The maximum atomic E-state index is 12.6. The lowest BCUT2D eigenvalue weighted by Gasteiger charge is -2.26. The molecule has 1 aliphatic rings. The van der Waals surface area contributed by atoms with Crippen LogP contribution >= 0.6 is 0 Å². The van der Waals surface area contributed by atoms with E-state index in [1.807, 2.05) is 37.3 Å². The first-order valence-corrected chi connectivity index (χ1v) is 8.24. The second-order valence-corrected chi connectivity index (χ2v) is 6.10. The van der Waals surface area contributed by atoms with Gasteiger partial charge in [0.15, 0.2) is 5.78 Å². The van der Waals surface area contributed by atoms with E-state index in [2.05, 4.69) is 4.99 Å². The van der Waals surface area contributed by atoms with E-state index in [4.69, 9.17) is 5.11 Å². The Labute approximate surface area is 141 Å². The van der Waals surface area contributed by atoms with Crippen LogP contribution in [0.3, 0.4) is 0 Å². The summed E-state index contributed by atoms with van der Waals surface area (Å²) in [5, 5.41) is 19.4. The fourth-order valence-electron chi connectivity index (χ4n) is 2.95. The van der Waals surface area contributed by atoms with Gasteiger partial charge in [0.2, 0.25) is 0 Å². The quantitative estimate of drug-likeness (QED) is 0.637. The molecule has 128 valence electrons. The molecule has 2 unspecified atom stereocenters. The molecule has 1 aromatic carbocycles. The normalized spacial score (nSPS) is 23.2. The van der Waals surface area contributed by atoms with Crippen LogP contribution in [0.1, 0.15) is 51.0 Å². The van der Waals surface area contributed by atoms with Crippen molar-refractivity contribution in [1.29, 1.82) is 0 Å². The number of Topliss-reactive ketones (excluding diaryl/α,β-unsaturated/α-hetero) is 1. The van der Waals surface area contributed by atoms with E-state index < -0.39 is 12.0 Å². The van der Waals surface area contributed by atoms with Gasteiger partial charge in [-0.2, -0.15) is 0 Å². The van der Waals surface area contributed by atoms with Gasteiger partial charge in [-0.3, -0.25) is 9.79 Å². The first-order valence-electron chi connectivity index (χ1n) is 8.24. The van der Waals surface area contributed by atoms with Crippen LogP contribution in [0.4, 0.5) is 0 Å². The Hall–Kier alpha value is -2.43. The third kappa shape index (κ3) is 4.10. The summed E-state index contributed by atoms with van der Waals surface area (Å²) in [4.78, 5) is 28.0. The molecule has 0 aliphatic heterocycles. The lowest BCUT2D eigenvalue weighted by molar-refractivity contribution is -0.138. The molecule has 5 nitrogen and oxygen atoms in total. The number of rotatable bonds is 5. The molecule has 0 aromatic heterocycles. The minimum atomic E-state index is -1.05. The number of nitrogens with zero attached hydrogens (tertiary/aromatic N) is 1. The number of benzene rings is 1. The monoisotopic (exact) mass is 329 g/mol. The summed E-state index contributed by atoms with van der Waals surface area (Å²) in [6, 6.07) is 8.70. The first-order chi connectivity index (χ1) is 11.4. The van der Waals surface area contributed by atoms with Crippen molar-refractivity contribution >= 4 is 17.5 Å². The Morgan fingerprint density at radius 3 is 2.50 bits per heavy atom. The second kappa shape index (κ2) is 7.90. The lowest BCUT2D eigenvalue weighted by atomic mass is 9.78. The van der Waals surface area contributed by atoms with Gasteiger partial charge in [-0.15, -0.1) is 0 Å². The van der Waals surface area contributed by atoms with Gasteiger partial charge in [0, 0.05) is 12.8 Å². The molecule has 0 saturated heterocycles. The van der Waals surface area contributed by atoms with Crippen LogP contribution in [0.2, 0.25) is 0 Å². The van der Waals surface area contributed by atoms with Crippen molar-refractivity contribution in [1.82, 2.24) is 0 Å². The Balaban J connectivity index is 2.42. The minimum absolute atomic E-state index is 0.0188. The maximum Gasteiger partial charge on any atom is 0.328 e. The summed E-state index contributed by atoms with van der Waals surface area (Å²) in [6.45, 7) is 3.38. The summed E-state index contributed by atoms with van der Waals surface area (Å²) in [7, 11) is 0. The van der Waals surface area contributed by atoms with Crippen LogP contribution in [0, 0.1) is 0 Å². The Morgan fingerprint density at radius 1 is 1.25 bits per heavy atom. The zero-order valence-electron chi connectivity index (χ0n) is 14.0. The molecule has 1 fully saturated rings. The highest BCUT2D eigenvalue weighted by Gasteiger charge is 2.32. The minimum Gasteiger partial charge on any atom is -0.511 e. The number of aliphatic hydroxyl groups excluding tert-OH is 1. The number of carbonyl (C=O) groups is 2. The Bertz CT molecular complexity index is 676. The van der Waals surface area contributed by atoms with Crippen molar-refractivity contribution < 1.29 is 19.8 Å². The summed E-state index contributed by atoms with van der Waals surface area (Å²) >= 11 is 0. The van der Waals surface area contributed by atoms with Gasteiger partial charge in [0.05, 0.1) is 11.3 Å². The summed E-state index contributed by atoms with van der Waals surface area (Å²) < 4.78 is 0. The van der Waals surface area contributed by atoms with Gasteiger partial charge in [-0.05, 0) is 31.2 Å². The highest BCUT2D eigenvalue weighted by Crippen LogP contribution is 2.34. The van der Waals surface area contributed by atoms with Crippen molar-refractivity contribution in [3.8, 4) is 0 Å². The van der Waals surface area contributed by atoms with Gasteiger partial charge in [-0.25, -0.2) is 4.79 Å². The molecule has 1 aliphatic carbocycles. The van der Waals surface area contributed by atoms with E-state index in [1.54, 1.807) is 0 Å². The second-order valence-electron chi connectivity index (χ2n) is 6.10. The molecule has 24 heavy (non-hydrogen) atoms. The summed E-state index contributed by atoms with van der Waals surface area (Å²) in [6.07, 6.45) is 1.84. The van der Waals surface area contributed by atoms with Crippen molar-refractivity contribution in [2.24, 2.45) is 4.99 Å². The average molecular weight is 329 g/mol. The molecule has 0 spiro atoms. The molecule has 1 aromatic rings. The fraction of sp³-hybridized carbons (Fsp3) is 0.421. The standard InChI is InChI=1S/C19H23NO4/c1-3-7-16(21)18-15(20-12(2)19(23)24)10-14(11-17(18)22)13-8-5-4-6-9-13/h4-6,8-9,12,14,21H,3,7,10-11H2,1-2H3,(H,23,24)/b18-16-,20-15?. The molecule has 0 heterocycles. The predicted molar refractivity (Wildman–Crippen MR) is 92.5 cm³/mol. The molecule has 2 N–H and O–H groups in total. The van der Waals surface area contributed by atoms with Crippen LogP contribution in [0.25, 0.3) is 0 Å². The molecule has 0 radical (unpaired) electrons. The number of carboxylic acid groups (broad SMARTS) is 1. The average Bonchev–Trinajstić information content (AvgIpc) is 2.55. The highest BCUT2D eigenvalue weighted by molar-refractivity contribution is 6.25. The topological polar surface area (TPSA) is 87.0 Å². The highest BCUT2D eigenvalue weighted by atomic mass is 16.4. The van der Waals surface area contributed by atoms with E-state index in [0.717, 1.165) is 5.56 Å². The number of aliphatic carboxylic acids is 1. The zero-order valence-corrected chi connectivity index (χ0v) is 14.0.